The molecular formula is C25H29ClN4O2. The number of halogens is 1. The van der Waals surface area contributed by atoms with Crippen LogP contribution >= 0.6 is 11.6 Å². The summed E-state index contributed by atoms with van der Waals surface area (Å²) >= 11 is 6.24. The molecular weight excluding hydrogens is 424 g/mol. The van der Waals surface area contributed by atoms with E-state index in [0.717, 1.165) is 31.4 Å². The number of rotatable bonds is 7. The van der Waals surface area contributed by atoms with E-state index in [1.165, 1.54) is 11.1 Å². The van der Waals surface area contributed by atoms with Gasteiger partial charge in [0.2, 0.25) is 17.6 Å². The number of carbonyl (C=O) groups is 1. The summed E-state index contributed by atoms with van der Waals surface area (Å²) < 4.78 is 5.46. The van der Waals surface area contributed by atoms with Crippen molar-refractivity contribution < 1.29 is 9.32 Å². The van der Waals surface area contributed by atoms with Gasteiger partial charge in [0.15, 0.2) is 0 Å². The molecule has 168 valence electrons. The highest BCUT2D eigenvalue weighted by Gasteiger charge is 2.28. The van der Waals surface area contributed by atoms with Crippen molar-refractivity contribution in [3.63, 3.8) is 0 Å². The summed E-state index contributed by atoms with van der Waals surface area (Å²) in [5, 5.41) is 7.95. The van der Waals surface area contributed by atoms with Gasteiger partial charge in [0.05, 0.1) is 23.5 Å². The monoisotopic (exact) mass is 452 g/mol. The molecule has 1 amide bonds. The number of aryl methyl sites for hydroxylation is 1. The molecule has 0 saturated carbocycles. The smallest absolute Gasteiger partial charge is 0.241 e. The number of nitrogens with zero attached hydrogens (tertiary/aromatic N) is 3. The summed E-state index contributed by atoms with van der Waals surface area (Å²) in [6.45, 7) is 6.31. The van der Waals surface area contributed by atoms with Crippen molar-refractivity contribution in [1.82, 2.24) is 20.4 Å². The van der Waals surface area contributed by atoms with Crippen molar-refractivity contribution in [1.29, 1.82) is 0 Å². The molecule has 3 aromatic rings. The molecule has 1 saturated heterocycles. The maximum absolute atomic E-state index is 13.1. The first kappa shape index (κ1) is 22.5. The Morgan fingerprint density at radius 1 is 1.25 bits per heavy atom. The normalized spacial score (nSPS) is 17.8. The molecule has 0 bridgehead atoms. The molecule has 2 atom stereocenters. The summed E-state index contributed by atoms with van der Waals surface area (Å²) in [5.74, 6) is 1.09. The Bertz CT molecular complexity index is 1070. The number of hydrogen-bond donors (Lipinski definition) is 1. The zero-order chi connectivity index (χ0) is 22.5. The Hall–Kier alpha value is -2.70. The highest BCUT2D eigenvalue weighted by Crippen LogP contribution is 2.26. The van der Waals surface area contributed by atoms with Gasteiger partial charge in [-0.25, -0.2) is 0 Å². The fourth-order valence-electron chi connectivity index (χ4n) is 4.34. The third-order valence-electron chi connectivity index (χ3n) is 6.11. The van der Waals surface area contributed by atoms with Gasteiger partial charge in [0, 0.05) is 12.1 Å². The van der Waals surface area contributed by atoms with Gasteiger partial charge >= 0.3 is 0 Å². The average molecular weight is 453 g/mol. The second-order valence-corrected chi connectivity index (χ2v) is 8.80. The number of nitrogens with one attached hydrogen (secondary N) is 1. The molecule has 1 aliphatic heterocycles. The minimum absolute atomic E-state index is 0.0354. The lowest BCUT2D eigenvalue weighted by atomic mass is 9.94. The molecule has 4 rings (SSSR count). The van der Waals surface area contributed by atoms with E-state index in [0.29, 0.717) is 29.8 Å². The fourth-order valence-corrected chi connectivity index (χ4v) is 4.56. The lowest BCUT2D eigenvalue weighted by Gasteiger charge is -2.32. The first-order valence-corrected chi connectivity index (χ1v) is 11.6. The predicted molar refractivity (Wildman–Crippen MR) is 125 cm³/mol. The van der Waals surface area contributed by atoms with E-state index in [1.54, 1.807) is 6.07 Å². The van der Waals surface area contributed by atoms with Gasteiger partial charge in [-0.2, -0.15) is 4.98 Å². The number of amides is 1. The van der Waals surface area contributed by atoms with Crippen molar-refractivity contribution in [2.75, 3.05) is 13.1 Å². The van der Waals surface area contributed by atoms with E-state index in [2.05, 4.69) is 46.3 Å². The Labute approximate surface area is 194 Å². The van der Waals surface area contributed by atoms with E-state index in [4.69, 9.17) is 16.1 Å². The molecule has 1 fully saturated rings. The van der Waals surface area contributed by atoms with Crippen LogP contribution in [0, 0.1) is 12.8 Å². The predicted octanol–water partition coefficient (Wildman–Crippen LogP) is 5.18. The summed E-state index contributed by atoms with van der Waals surface area (Å²) in [6, 6.07) is 15.7. The minimum atomic E-state index is -0.0484. The van der Waals surface area contributed by atoms with Gasteiger partial charge in [0.25, 0.3) is 0 Å². The van der Waals surface area contributed by atoms with Gasteiger partial charge in [-0.3, -0.25) is 9.69 Å². The third kappa shape index (κ3) is 5.19. The van der Waals surface area contributed by atoms with Crippen LogP contribution in [0.15, 0.2) is 53.1 Å². The van der Waals surface area contributed by atoms with Crippen LogP contribution in [0.1, 0.15) is 49.2 Å². The summed E-state index contributed by atoms with van der Waals surface area (Å²) in [5.41, 5.74) is 3.14. The van der Waals surface area contributed by atoms with Crippen LogP contribution in [0.2, 0.25) is 5.02 Å². The zero-order valence-corrected chi connectivity index (χ0v) is 19.3. The molecule has 32 heavy (non-hydrogen) atoms. The maximum Gasteiger partial charge on any atom is 0.241 e. The van der Waals surface area contributed by atoms with Gasteiger partial charge in [-0.15, -0.1) is 0 Å². The van der Waals surface area contributed by atoms with Crippen LogP contribution in [0.5, 0.6) is 0 Å². The number of benzene rings is 2. The number of aromatic nitrogens is 2. The van der Waals surface area contributed by atoms with Crippen LogP contribution in [0.4, 0.5) is 0 Å². The highest BCUT2D eigenvalue weighted by atomic mass is 35.5. The molecule has 2 heterocycles. The Kier molecular flexibility index (Phi) is 7.22. The first-order valence-electron chi connectivity index (χ1n) is 11.2. The van der Waals surface area contributed by atoms with E-state index in [-0.39, 0.29) is 17.9 Å². The second kappa shape index (κ2) is 10.3. The molecule has 0 spiro atoms. The van der Waals surface area contributed by atoms with Gasteiger partial charge < -0.3 is 9.84 Å². The zero-order valence-electron chi connectivity index (χ0n) is 18.6. The van der Waals surface area contributed by atoms with Gasteiger partial charge in [-0.1, -0.05) is 60.1 Å². The van der Waals surface area contributed by atoms with Crippen molar-refractivity contribution in [3.8, 4) is 11.4 Å². The van der Waals surface area contributed by atoms with Crippen molar-refractivity contribution in [2.45, 2.75) is 45.7 Å². The topological polar surface area (TPSA) is 71.3 Å². The van der Waals surface area contributed by atoms with Crippen LogP contribution < -0.4 is 5.32 Å². The molecule has 2 aromatic carbocycles. The van der Waals surface area contributed by atoms with Gasteiger partial charge in [-0.05, 0) is 56.0 Å². The molecule has 0 aliphatic carbocycles. The van der Waals surface area contributed by atoms with Crippen LogP contribution in [0.25, 0.3) is 11.4 Å². The third-order valence-corrected chi connectivity index (χ3v) is 6.44. The first-order chi connectivity index (χ1) is 15.5. The number of hydrogen-bond acceptors (Lipinski definition) is 5. The quantitative estimate of drug-likeness (QED) is 0.535. The van der Waals surface area contributed by atoms with Crippen LogP contribution in [-0.4, -0.2) is 34.0 Å². The molecule has 2 unspecified atom stereocenters. The molecule has 7 heteroatoms. The molecule has 6 nitrogen and oxygen atoms in total. The van der Waals surface area contributed by atoms with Crippen LogP contribution in [0.3, 0.4) is 0 Å². The molecule has 0 radical (unpaired) electrons. The van der Waals surface area contributed by atoms with Crippen molar-refractivity contribution in [2.24, 2.45) is 5.92 Å². The van der Waals surface area contributed by atoms with E-state index < -0.39 is 0 Å². The Balaban J connectivity index is 1.38. The number of likely N-dealkylation sites (tertiary alicyclic amines) is 1. The fraction of sp³-hybridized carbons (Fsp3) is 0.400. The van der Waals surface area contributed by atoms with Crippen LogP contribution in [-0.2, 0) is 11.3 Å². The number of carbonyl (C=O) groups excluding carboxylic acids is 1. The maximum atomic E-state index is 13.1. The lowest BCUT2D eigenvalue weighted by molar-refractivity contribution is -0.127. The minimum Gasteiger partial charge on any atom is -0.349 e. The number of piperidine rings is 1. The molecule has 1 aliphatic rings. The molecule has 1 N–H and O–H groups in total. The summed E-state index contributed by atoms with van der Waals surface area (Å²) in [7, 11) is 0. The second-order valence-electron chi connectivity index (χ2n) is 8.39. The van der Waals surface area contributed by atoms with Crippen molar-refractivity contribution in [3.05, 3.63) is 70.6 Å². The average Bonchev–Trinajstić information content (AvgIpc) is 3.26. The van der Waals surface area contributed by atoms with E-state index in [1.807, 2.05) is 30.3 Å². The largest absolute Gasteiger partial charge is 0.349 e. The Morgan fingerprint density at radius 2 is 2.03 bits per heavy atom. The van der Waals surface area contributed by atoms with E-state index in [9.17, 15) is 4.79 Å². The molecule has 1 aromatic heterocycles. The SMILES string of the molecule is CCC(NC(=O)C1CCCN(Cc2nc(-c3ccccc3Cl)no2)C1)c1ccccc1C. The van der Waals surface area contributed by atoms with E-state index >= 15 is 0 Å². The lowest BCUT2D eigenvalue weighted by Crippen LogP contribution is -2.43. The van der Waals surface area contributed by atoms with Gasteiger partial charge in [0.1, 0.15) is 0 Å². The highest BCUT2D eigenvalue weighted by molar-refractivity contribution is 6.33. The summed E-state index contributed by atoms with van der Waals surface area (Å²) in [6.07, 6.45) is 2.71. The summed E-state index contributed by atoms with van der Waals surface area (Å²) in [4.78, 5) is 19.8. The standard InChI is InChI=1S/C25H29ClN4O2/c1-3-22(19-11-5-4-9-17(19)2)27-25(31)18-10-8-14-30(15-18)16-23-28-24(29-32-23)20-12-6-7-13-21(20)26/h4-7,9,11-13,18,22H,3,8,10,14-16H2,1-2H3,(H,27,31). The van der Waals surface area contributed by atoms with Crippen molar-refractivity contribution >= 4 is 17.5 Å². The Morgan fingerprint density at radius 3 is 2.81 bits per heavy atom.